The lowest BCUT2D eigenvalue weighted by Crippen LogP contribution is -2.41. The second-order valence-electron chi connectivity index (χ2n) is 3.82. The van der Waals surface area contributed by atoms with Crippen LogP contribution in [-0.2, 0) is 4.79 Å². The number of hydrogen-bond acceptors (Lipinski definition) is 3. The Bertz CT molecular complexity index is 361. The van der Waals surface area contributed by atoms with E-state index in [9.17, 15) is 9.90 Å². The minimum Gasteiger partial charge on any atom is -0.399 e. The Morgan fingerprint density at radius 1 is 1.33 bits per heavy atom. The molecule has 1 amide bonds. The summed E-state index contributed by atoms with van der Waals surface area (Å²) in [7, 11) is 0. The molecule has 2 rings (SSSR count). The molecule has 1 aliphatic heterocycles. The lowest BCUT2D eigenvalue weighted by Gasteiger charge is -2.28. The molecule has 1 aromatic carbocycles. The fourth-order valence-corrected chi connectivity index (χ4v) is 1.80. The fourth-order valence-electron chi connectivity index (χ4n) is 1.80. The van der Waals surface area contributed by atoms with Crippen molar-refractivity contribution in [3.05, 3.63) is 29.8 Å². The summed E-state index contributed by atoms with van der Waals surface area (Å²) in [4.78, 5) is 11.2. The number of rotatable bonds is 1. The van der Waals surface area contributed by atoms with E-state index in [1.165, 1.54) is 0 Å². The van der Waals surface area contributed by atoms with Gasteiger partial charge in [-0.1, -0.05) is 12.1 Å². The van der Waals surface area contributed by atoms with Gasteiger partial charge in [-0.3, -0.25) is 4.79 Å². The molecule has 1 saturated heterocycles. The molecule has 0 spiro atoms. The van der Waals surface area contributed by atoms with Gasteiger partial charge in [-0.15, -0.1) is 0 Å². The number of amides is 1. The standard InChI is InChI=1S/C11H14N2O2/c12-8-3-1-7(2-4-8)11-9(14)5-6-10(15)13-11/h1-4,9,11,14H,5-6,12H2,(H,13,15). The molecule has 2 atom stereocenters. The van der Waals surface area contributed by atoms with Crippen LogP contribution in [0.2, 0.25) is 0 Å². The second kappa shape index (κ2) is 3.90. The van der Waals surface area contributed by atoms with E-state index in [1.54, 1.807) is 12.1 Å². The number of benzene rings is 1. The van der Waals surface area contributed by atoms with Crippen LogP contribution in [0.25, 0.3) is 0 Å². The Kier molecular flexibility index (Phi) is 2.60. The van der Waals surface area contributed by atoms with Crippen molar-refractivity contribution in [1.29, 1.82) is 0 Å². The van der Waals surface area contributed by atoms with Gasteiger partial charge in [0.1, 0.15) is 0 Å². The number of carbonyl (C=O) groups excluding carboxylic acids is 1. The first-order chi connectivity index (χ1) is 7.16. The molecule has 0 aromatic heterocycles. The predicted molar refractivity (Wildman–Crippen MR) is 57.0 cm³/mol. The van der Waals surface area contributed by atoms with E-state index in [-0.39, 0.29) is 11.9 Å². The highest BCUT2D eigenvalue weighted by atomic mass is 16.3. The van der Waals surface area contributed by atoms with Crippen LogP contribution in [0.4, 0.5) is 5.69 Å². The summed E-state index contributed by atoms with van der Waals surface area (Å²) in [6.45, 7) is 0. The minimum absolute atomic E-state index is 0.0119. The highest BCUT2D eigenvalue weighted by Gasteiger charge is 2.27. The number of nitrogens with one attached hydrogen (secondary N) is 1. The molecule has 0 aliphatic carbocycles. The Morgan fingerprint density at radius 2 is 2.00 bits per heavy atom. The van der Waals surface area contributed by atoms with Gasteiger partial charge in [0.15, 0.2) is 0 Å². The van der Waals surface area contributed by atoms with Crippen molar-refractivity contribution in [2.24, 2.45) is 0 Å². The summed E-state index contributed by atoms with van der Waals surface area (Å²) in [5.74, 6) is -0.0119. The van der Waals surface area contributed by atoms with Crippen molar-refractivity contribution in [3.8, 4) is 0 Å². The maximum Gasteiger partial charge on any atom is 0.220 e. The maximum atomic E-state index is 11.2. The van der Waals surface area contributed by atoms with E-state index in [0.29, 0.717) is 18.5 Å². The Labute approximate surface area is 88.1 Å². The average Bonchev–Trinajstić information content (AvgIpc) is 2.23. The number of aliphatic hydroxyl groups is 1. The van der Waals surface area contributed by atoms with Crippen molar-refractivity contribution in [2.45, 2.75) is 25.0 Å². The number of aliphatic hydroxyl groups excluding tert-OH is 1. The zero-order valence-corrected chi connectivity index (χ0v) is 8.31. The Morgan fingerprint density at radius 3 is 2.67 bits per heavy atom. The summed E-state index contributed by atoms with van der Waals surface area (Å²) in [6.07, 6.45) is 0.402. The molecule has 80 valence electrons. The smallest absolute Gasteiger partial charge is 0.220 e. The van der Waals surface area contributed by atoms with Gasteiger partial charge in [0.25, 0.3) is 0 Å². The topological polar surface area (TPSA) is 75.3 Å². The van der Waals surface area contributed by atoms with Crippen molar-refractivity contribution in [2.75, 3.05) is 5.73 Å². The van der Waals surface area contributed by atoms with Crippen LogP contribution in [0.1, 0.15) is 24.4 Å². The Hall–Kier alpha value is -1.55. The molecular formula is C11H14N2O2. The highest BCUT2D eigenvalue weighted by molar-refractivity contribution is 5.77. The number of nitrogen functional groups attached to an aromatic ring is 1. The number of piperidine rings is 1. The second-order valence-corrected chi connectivity index (χ2v) is 3.82. The molecule has 15 heavy (non-hydrogen) atoms. The molecular weight excluding hydrogens is 192 g/mol. The molecule has 1 aromatic rings. The van der Waals surface area contributed by atoms with E-state index < -0.39 is 6.10 Å². The molecule has 0 bridgehead atoms. The van der Waals surface area contributed by atoms with E-state index in [0.717, 1.165) is 5.56 Å². The maximum absolute atomic E-state index is 11.2. The molecule has 0 radical (unpaired) electrons. The summed E-state index contributed by atoms with van der Waals surface area (Å²) in [5, 5.41) is 12.5. The summed E-state index contributed by atoms with van der Waals surface area (Å²) in [6, 6.07) is 6.89. The molecule has 1 fully saturated rings. The normalized spacial score (nSPS) is 26.1. The van der Waals surface area contributed by atoms with Gasteiger partial charge in [0.05, 0.1) is 12.1 Å². The first kappa shape index (κ1) is 9.98. The summed E-state index contributed by atoms with van der Waals surface area (Å²) in [5.41, 5.74) is 7.14. The third-order valence-electron chi connectivity index (χ3n) is 2.66. The summed E-state index contributed by atoms with van der Waals surface area (Å²) < 4.78 is 0. The number of nitrogens with two attached hydrogens (primary N) is 1. The van der Waals surface area contributed by atoms with E-state index >= 15 is 0 Å². The third kappa shape index (κ3) is 2.10. The molecule has 1 heterocycles. The number of carbonyl (C=O) groups is 1. The quantitative estimate of drug-likeness (QED) is 0.588. The lowest BCUT2D eigenvalue weighted by molar-refractivity contribution is -0.126. The Balaban J connectivity index is 2.21. The SMILES string of the molecule is Nc1ccc(C2NC(=O)CCC2O)cc1. The minimum atomic E-state index is -0.508. The van der Waals surface area contributed by atoms with Crippen LogP contribution in [0.5, 0.6) is 0 Å². The predicted octanol–water partition coefficient (Wildman–Crippen LogP) is 0.581. The van der Waals surface area contributed by atoms with Crippen molar-refractivity contribution < 1.29 is 9.90 Å². The van der Waals surface area contributed by atoms with Gasteiger partial charge in [0.2, 0.25) is 5.91 Å². The lowest BCUT2D eigenvalue weighted by atomic mass is 9.94. The van der Waals surface area contributed by atoms with Crippen LogP contribution in [0.15, 0.2) is 24.3 Å². The highest BCUT2D eigenvalue weighted by Crippen LogP contribution is 2.24. The third-order valence-corrected chi connectivity index (χ3v) is 2.66. The first-order valence-corrected chi connectivity index (χ1v) is 4.99. The van der Waals surface area contributed by atoms with E-state index in [4.69, 9.17) is 5.73 Å². The van der Waals surface area contributed by atoms with Gasteiger partial charge >= 0.3 is 0 Å². The molecule has 1 aliphatic rings. The van der Waals surface area contributed by atoms with Crippen LogP contribution in [0.3, 0.4) is 0 Å². The van der Waals surface area contributed by atoms with Gasteiger partial charge in [-0.05, 0) is 24.1 Å². The largest absolute Gasteiger partial charge is 0.399 e. The molecule has 4 nitrogen and oxygen atoms in total. The van der Waals surface area contributed by atoms with Gasteiger partial charge in [-0.25, -0.2) is 0 Å². The van der Waals surface area contributed by atoms with Crippen LogP contribution in [0, 0.1) is 0 Å². The van der Waals surface area contributed by atoms with Crippen LogP contribution >= 0.6 is 0 Å². The molecule has 4 heteroatoms. The van der Waals surface area contributed by atoms with Crippen molar-refractivity contribution in [1.82, 2.24) is 5.32 Å². The van der Waals surface area contributed by atoms with Gasteiger partial charge in [0, 0.05) is 12.1 Å². The first-order valence-electron chi connectivity index (χ1n) is 4.99. The molecule has 4 N–H and O–H groups in total. The van der Waals surface area contributed by atoms with Gasteiger partial charge < -0.3 is 16.2 Å². The summed E-state index contributed by atoms with van der Waals surface area (Å²) >= 11 is 0. The van der Waals surface area contributed by atoms with Crippen molar-refractivity contribution >= 4 is 11.6 Å². The number of anilines is 1. The van der Waals surface area contributed by atoms with Crippen LogP contribution in [-0.4, -0.2) is 17.1 Å². The van der Waals surface area contributed by atoms with Crippen molar-refractivity contribution in [3.63, 3.8) is 0 Å². The average molecular weight is 206 g/mol. The zero-order valence-electron chi connectivity index (χ0n) is 8.31. The zero-order chi connectivity index (χ0) is 10.8. The fraction of sp³-hybridized carbons (Fsp3) is 0.364. The van der Waals surface area contributed by atoms with Gasteiger partial charge in [-0.2, -0.15) is 0 Å². The molecule has 0 saturated carbocycles. The molecule has 2 unspecified atom stereocenters. The van der Waals surface area contributed by atoms with E-state index in [1.807, 2.05) is 12.1 Å². The van der Waals surface area contributed by atoms with Crippen LogP contribution < -0.4 is 11.1 Å². The number of hydrogen-bond donors (Lipinski definition) is 3. The van der Waals surface area contributed by atoms with E-state index in [2.05, 4.69) is 5.32 Å². The monoisotopic (exact) mass is 206 g/mol.